The maximum atomic E-state index is 11.5. The zero-order valence-corrected chi connectivity index (χ0v) is 11.3. The van der Waals surface area contributed by atoms with Crippen molar-refractivity contribution in [3.63, 3.8) is 0 Å². The first kappa shape index (κ1) is 14.4. The third-order valence-electron chi connectivity index (χ3n) is 1.88. The topological polar surface area (TPSA) is 89.0 Å². The van der Waals surface area contributed by atoms with E-state index in [1.165, 1.54) is 7.11 Å². The quantitative estimate of drug-likeness (QED) is 0.794. The van der Waals surface area contributed by atoms with Crippen molar-refractivity contribution in [2.45, 2.75) is 13.8 Å². The molecule has 0 radical (unpaired) electrons. The number of aromatic nitrogens is 3. The van der Waals surface area contributed by atoms with E-state index in [9.17, 15) is 4.79 Å². The Hall–Kier alpha value is -1.63. The lowest BCUT2D eigenvalue weighted by Crippen LogP contribution is -2.32. The number of anilines is 1. The van der Waals surface area contributed by atoms with Gasteiger partial charge in [0.1, 0.15) is 0 Å². The minimum Gasteiger partial charge on any atom is -0.467 e. The summed E-state index contributed by atoms with van der Waals surface area (Å²) in [6, 6.07) is 0.0973. The Morgan fingerprint density at radius 1 is 1.39 bits per heavy atom. The molecular weight excluding hydrogens is 258 g/mol. The van der Waals surface area contributed by atoms with Crippen LogP contribution >= 0.6 is 11.6 Å². The summed E-state index contributed by atoms with van der Waals surface area (Å²) in [5.41, 5.74) is 0. The van der Waals surface area contributed by atoms with Gasteiger partial charge in [-0.15, -0.1) is 0 Å². The first-order valence-corrected chi connectivity index (χ1v) is 5.85. The van der Waals surface area contributed by atoms with Crippen LogP contribution in [0, 0.1) is 5.92 Å². The number of halogens is 1. The standard InChI is InChI=1S/C10H16ClN5O2/c1-6(2)4-12-7(17)5-13-9-14-8(11)15-10(16-9)18-3/h6H,4-5H2,1-3H3,(H,12,17)(H,13,14,15,16). The molecule has 0 bridgehead atoms. The molecule has 0 aliphatic rings. The van der Waals surface area contributed by atoms with Crippen LogP contribution in [0.5, 0.6) is 6.01 Å². The predicted molar refractivity (Wildman–Crippen MR) is 67.7 cm³/mol. The summed E-state index contributed by atoms with van der Waals surface area (Å²) >= 11 is 5.66. The third-order valence-corrected chi connectivity index (χ3v) is 2.05. The third kappa shape index (κ3) is 5.13. The molecule has 0 atom stereocenters. The van der Waals surface area contributed by atoms with Gasteiger partial charge in [0.05, 0.1) is 13.7 Å². The van der Waals surface area contributed by atoms with Crippen molar-refractivity contribution in [3.05, 3.63) is 5.28 Å². The van der Waals surface area contributed by atoms with Crippen LogP contribution in [0.3, 0.4) is 0 Å². The summed E-state index contributed by atoms with van der Waals surface area (Å²) in [7, 11) is 1.42. The molecule has 1 aromatic rings. The summed E-state index contributed by atoms with van der Waals surface area (Å²) in [6.07, 6.45) is 0. The normalized spacial score (nSPS) is 10.3. The van der Waals surface area contributed by atoms with Crippen LogP contribution in [-0.4, -0.2) is 41.1 Å². The highest BCUT2D eigenvalue weighted by molar-refractivity contribution is 6.28. The Kier molecular flexibility index (Phi) is 5.57. The number of hydrogen-bond acceptors (Lipinski definition) is 6. The minimum atomic E-state index is -0.140. The Morgan fingerprint density at radius 3 is 2.72 bits per heavy atom. The highest BCUT2D eigenvalue weighted by Gasteiger charge is 2.07. The van der Waals surface area contributed by atoms with Crippen LogP contribution in [0.1, 0.15) is 13.8 Å². The van der Waals surface area contributed by atoms with Gasteiger partial charge in [0.2, 0.25) is 17.1 Å². The fourth-order valence-electron chi connectivity index (χ4n) is 1.04. The van der Waals surface area contributed by atoms with E-state index in [4.69, 9.17) is 16.3 Å². The molecule has 1 aromatic heterocycles. The van der Waals surface area contributed by atoms with Crippen molar-refractivity contribution < 1.29 is 9.53 Å². The van der Waals surface area contributed by atoms with E-state index in [2.05, 4.69) is 25.6 Å². The molecule has 1 rings (SSSR count). The number of rotatable bonds is 6. The average molecular weight is 274 g/mol. The number of hydrogen-bond donors (Lipinski definition) is 2. The monoisotopic (exact) mass is 273 g/mol. The predicted octanol–water partition coefficient (Wildman–Crippen LogP) is 0.718. The molecule has 100 valence electrons. The molecule has 0 fully saturated rings. The van der Waals surface area contributed by atoms with Crippen molar-refractivity contribution in [3.8, 4) is 6.01 Å². The van der Waals surface area contributed by atoms with Crippen molar-refractivity contribution in [2.24, 2.45) is 5.92 Å². The largest absolute Gasteiger partial charge is 0.467 e. The number of carbonyl (C=O) groups excluding carboxylic acids is 1. The molecule has 0 aliphatic heterocycles. The Morgan fingerprint density at radius 2 is 2.11 bits per heavy atom. The number of methoxy groups -OCH3 is 1. The average Bonchev–Trinajstić information content (AvgIpc) is 2.33. The second-order valence-corrected chi connectivity index (χ2v) is 4.30. The van der Waals surface area contributed by atoms with Crippen LogP contribution in [0.2, 0.25) is 5.28 Å². The van der Waals surface area contributed by atoms with Gasteiger partial charge in [-0.25, -0.2) is 0 Å². The molecule has 8 heteroatoms. The van der Waals surface area contributed by atoms with Gasteiger partial charge in [0, 0.05) is 6.54 Å². The number of nitrogens with zero attached hydrogens (tertiary/aromatic N) is 3. The van der Waals surface area contributed by atoms with E-state index in [1.54, 1.807) is 0 Å². The lowest BCUT2D eigenvalue weighted by atomic mass is 10.2. The smallest absolute Gasteiger partial charge is 0.322 e. The maximum Gasteiger partial charge on any atom is 0.322 e. The van der Waals surface area contributed by atoms with E-state index >= 15 is 0 Å². The van der Waals surface area contributed by atoms with Crippen LogP contribution in [0.25, 0.3) is 0 Å². The highest BCUT2D eigenvalue weighted by Crippen LogP contribution is 2.10. The molecule has 0 saturated carbocycles. The lowest BCUT2D eigenvalue weighted by molar-refractivity contribution is -0.119. The highest BCUT2D eigenvalue weighted by atomic mass is 35.5. The number of ether oxygens (including phenoxy) is 1. The van der Waals surface area contributed by atoms with Crippen molar-refractivity contribution >= 4 is 23.5 Å². The zero-order valence-electron chi connectivity index (χ0n) is 10.5. The fraction of sp³-hybridized carbons (Fsp3) is 0.600. The molecule has 0 saturated heterocycles. The van der Waals surface area contributed by atoms with E-state index in [0.29, 0.717) is 12.5 Å². The van der Waals surface area contributed by atoms with Crippen molar-refractivity contribution in [1.29, 1.82) is 0 Å². The van der Waals surface area contributed by atoms with Gasteiger partial charge in [0.25, 0.3) is 0 Å². The summed E-state index contributed by atoms with van der Waals surface area (Å²) in [5, 5.41) is 5.51. The van der Waals surface area contributed by atoms with Crippen LogP contribution in [0.15, 0.2) is 0 Å². The lowest BCUT2D eigenvalue weighted by Gasteiger charge is -2.08. The van der Waals surface area contributed by atoms with Gasteiger partial charge >= 0.3 is 6.01 Å². The fourth-order valence-corrected chi connectivity index (χ4v) is 1.19. The molecule has 18 heavy (non-hydrogen) atoms. The van der Waals surface area contributed by atoms with E-state index in [1.807, 2.05) is 13.8 Å². The molecule has 0 unspecified atom stereocenters. The Bertz CT molecular complexity index is 413. The van der Waals surface area contributed by atoms with Gasteiger partial charge in [-0.1, -0.05) is 13.8 Å². The van der Waals surface area contributed by atoms with Gasteiger partial charge in [-0.2, -0.15) is 15.0 Å². The van der Waals surface area contributed by atoms with E-state index in [0.717, 1.165) is 0 Å². The van der Waals surface area contributed by atoms with Crippen molar-refractivity contribution in [1.82, 2.24) is 20.3 Å². The molecule has 0 aliphatic carbocycles. The van der Waals surface area contributed by atoms with E-state index in [-0.39, 0.29) is 29.7 Å². The number of carbonyl (C=O) groups is 1. The second-order valence-electron chi connectivity index (χ2n) is 3.97. The molecular formula is C10H16ClN5O2. The maximum absolute atomic E-state index is 11.5. The van der Waals surface area contributed by atoms with Gasteiger partial charge in [0.15, 0.2) is 0 Å². The number of amides is 1. The molecule has 7 nitrogen and oxygen atoms in total. The van der Waals surface area contributed by atoms with E-state index < -0.39 is 0 Å². The molecule has 0 spiro atoms. The zero-order chi connectivity index (χ0) is 13.5. The SMILES string of the molecule is COc1nc(Cl)nc(NCC(=O)NCC(C)C)n1. The minimum absolute atomic E-state index is 0.00642. The van der Waals surface area contributed by atoms with Crippen LogP contribution in [0.4, 0.5) is 5.95 Å². The summed E-state index contributed by atoms with van der Waals surface area (Å²) in [4.78, 5) is 22.9. The summed E-state index contributed by atoms with van der Waals surface area (Å²) < 4.78 is 4.83. The van der Waals surface area contributed by atoms with Gasteiger partial charge < -0.3 is 15.4 Å². The van der Waals surface area contributed by atoms with Crippen LogP contribution < -0.4 is 15.4 Å². The number of nitrogens with one attached hydrogen (secondary N) is 2. The molecule has 1 heterocycles. The molecule has 2 N–H and O–H groups in total. The Labute approximate surface area is 110 Å². The van der Waals surface area contributed by atoms with Gasteiger partial charge in [-0.3, -0.25) is 4.79 Å². The summed E-state index contributed by atoms with van der Waals surface area (Å²) in [5.74, 6) is 0.464. The van der Waals surface area contributed by atoms with Crippen molar-refractivity contribution in [2.75, 3.05) is 25.5 Å². The Balaban J connectivity index is 2.47. The molecule has 1 amide bonds. The molecule has 0 aromatic carbocycles. The summed E-state index contributed by atoms with van der Waals surface area (Å²) in [6.45, 7) is 4.73. The second kappa shape index (κ2) is 6.95. The first-order chi connectivity index (χ1) is 8.51. The van der Waals surface area contributed by atoms with Gasteiger partial charge in [-0.05, 0) is 17.5 Å². The first-order valence-electron chi connectivity index (χ1n) is 5.47. The van der Waals surface area contributed by atoms with Crippen LogP contribution in [-0.2, 0) is 4.79 Å².